The lowest BCUT2D eigenvalue weighted by Crippen LogP contribution is -2.39. The Morgan fingerprint density at radius 2 is 1.93 bits per heavy atom. The van der Waals surface area contributed by atoms with E-state index in [1.807, 2.05) is 0 Å². The highest BCUT2D eigenvalue weighted by Crippen LogP contribution is 2.35. The van der Waals surface area contributed by atoms with Crippen molar-refractivity contribution in [1.29, 1.82) is 0 Å². The minimum atomic E-state index is -0.778. The van der Waals surface area contributed by atoms with Crippen molar-refractivity contribution in [2.45, 2.75) is 38.1 Å². The topological polar surface area (TPSA) is 66.6 Å². The number of amides is 1. The summed E-state index contributed by atoms with van der Waals surface area (Å²) in [6, 6.07) is 0.367. The van der Waals surface area contributed by atoms with E-state index >= 15 is 0 Å². The summed E-state index contributed by atoms with van der Waals surface area (Å²) >= 11 is 0. The number of carbonyl (C=O) groups is 1. The highest BCUT2D eigenvalue weighted by Gasteiger charge is 2.31. The molecule has 2 rings (SSSR count). The zero-order chi connectivity index (χ0) is 10.8. The van der Waals surface area contributed by atoms with Gasteiger partial charge >= 0.3 is 6.09 Å². The number of rotatable bonds is 3. The van der Waals surface area contributed by atoms with Crippen LogP contribution in [0.1, 0.15) is 32.1 Å². The van der Waals surface area contributed by atoms with Gasteiger partial charge in [0.15, 0.2) is 0 Å². The molecule has 86 valence electrons. The van der Waals surface area contributed by atoms with Crippen LogP contribution in [0.15, 0.2) is 0 Å². The standard InChI is InChI=1S/C11H20N2O2/c12-10(9-1-2-9)7-8-3-5-13(6-4-8)11(14)15/h8-10H,1-7,12H2,(H,14,15). The van der Waals surface area contributed by atoms with Crippen molar-refractivity contribution in [1.82, 2.24) is 4.90 Å². The molecule has 1 amide bonds. The Morgan fingerprint density at radius 1 is 1.33 bits per heavy atom. The minimum Gasteiger partial charge on any atom is -0.465 e. The molecule has 0 aromatic heterocycles. The van der Waals surface area contributed by atoms with Gasteiger partial charge in [-0.1, -0.05) is 0 Å². The van der Waals surface area contributed by atoms with Gasteiger partial charge in [0.25, 0.3) is 0 Å². The lowest BCUT2D eigenvalue weighted by molar-refractivity contribution is 0.121. The minimum absolute atomic E-state index is 0.367. The maximum absolute atomic E-state index is 10.7. The van der Waals surface area contributed by atoms with E-state index in [1.165, 1.54) is 17.7 Å². The largest absolute Gasteiger partial charge is 0.465 e. The van der Waals surface area contributed by atoms with E-state index in [4.69, 9.17) is 10.8 Å². The van der Waals surface area contributed by atoms with Gasteiger partial charge in [-0.2, -0.15) is 0 Å². The molecule has 2 fully saturated rings. The molecule has 1 aliphatic heterocycles. The Morgan fingerprint density at radius 3 is 2.40 bits per heavy atom. The predicted octanol–water partition coefficient (Wildman–Crippen LogP) is 1.50. The first-order valence-corrected chi connectivity index (χ1v) is 5.90. The highest BCUT2D eigenvalue weighted by molar-refractivity contribution is 5.64. The van der Waals surface area contributed by atoms with Crippen molar-refractivity contribution < 1.29 is 9.90 Å². The molecule has 3 N–H and O–H groups in total. The third kappa shape index (κ3) is 2.84. The molecule has 1 unspecified atom stereocenters. The van der Waals surface area contributed by atoms with E-state index in [-0.39, 0.29) is 0 Å². The van der Waals surface area contributed by atoms with Crippen molar-refractivity contribution >= 4 is 6.09 Å². The maximum Gasteiger partial charge on any atom is 0.407 e. The van der Waals surface area contributed by atoms with Crippen LogP contribution in [-0.2, 0) is 0 Å². The molecule has 1 saturated carbocycles. The quantitative estimate of drug-likeness (QED) is 0.745. The van der Waals surface area contributed by atoms with E-state index in [1.54, 1.807) is 0 Å². The average molecular weight is 212 g/mol. The third-order valence-corrected chi connectivity index (χ3v) is 3.72. The maximum atomic E-state index is 10.7. The molecule has 0 aromatic carbocycles. The van der Waals surface area contributed by atoms with E-state index < -0.39 is 6.09 Å². The smallest absolute Gasteiger partial charge is 0.407 e. The molecule has 0 radical (unpaired) electrons. The van der Waals surface area contributed by atoms with Crippen molar-refractivity contribution in [2.24, 2.45) is 17.6 Å². The molecule has 1 heterocycles. The summed E-state index contributed by atoms with van der Waals surface area (Å²) in [5.74, 6) is 1.42. The second kappa shape index (κ2) is 4.39. The Bertz CT molecular complexity index is 233. The van der Waals surface area contributed by atoms with Crippen LogP contribution in [-0.4, -0.2) is 35.2 Å². The molecule has 4 heteroatoms. The van der Waals surface area contributed by atoms with Crippen LogP contribution < -0.4 is 5.73 Å². The summed E-state index contributed by atoms with van der Waals surface area (Å²) < 4.78 is 0. The van der Waals surface area contributed by atoms with Gasteiger partial charge in [0, 0.05) is 19.1 Å². The first kappa shape index (κ1) is 10.7. The van der Waals surface area contributed by atoms with Gasteiger partial charge < -0.3 is 15.7 Å². The van der Waals surface area contributed by atoms with Gasteiger partial charge in [-0.3, -0.25) is 0 Å². The van der Waals surface area contributed by atoms with Crippen LogP contribution >= 0.6 is 0 Å². The van der Waals surface area contributed by atoms with E-state index in [9.17, 15) is 4.79 Å². The van der Waals surface area contributed by atoms with Crippen molar-refractivity contribution in [2.75, 3.05) is 13.1 Å². The van der Waals surface area contributed by atoms with Crippen LogP contribution in [0.25, 0.3) is 0 Å². The molecule has 2 aliphatic rings. The Balaban J connectivity index is 1.70. The Labute approximate surface area is 90.4 Å². The lowest BCUT2D eigenvalue weighted by Gasteiger charge is -2.31. The van der Waals surface area contributed by atoms with Gasteiger partial charge in [0.05, 0.1) is 0 Å². The third-order valence-electron chi connectivity index (χ3n) is 3.72. The average Bonchev–Trinajstić information content (AvgIpc) is 3.01. The first-order chi connectivity index (χ1) is 7.16. The van der Waals surface area contributed by atoms with Crippen molar-refractivity contribution in [3.05, 3.63) is 0 Å². The number of piperidine rings is 1. The number of nitrogens with two attached hydrogens (primary N) is 1. The first-order valence-electron chi connectivity index (χ1n) is 5.90. The van der Waals surface area contributed by atoms with Gasteiger partial charge in [-0.15, -0.1) is 0 Å². The van der Waals surface area contributed by atoms with Crippen LogP contribution in [0.4, 0.5) is 4.79 Å². The molecule has 0 spiro atoms. The number of carboxylic acid groups (broad SMARTS) is 1. The fraction of sp³-hybridized carbons (Fsp3) is 0.909. The second-order valence-electron chi connectivity index (χ2n) is 4.95. The highest BCUT2D eigenvalue weighted by atomic mass is 16.4. The molecule has 0 aromatic rings. The Hall–Kier alpha value is -0.770. The van der Waals surface area contributed by atoms with Crippen LogP contribution in [0.5, 0.6) is 0 Å². The summed E-state index contributed by atoms with van der Waals surface area (Å²) in [5.41, 5.74) is 6.07. The van der Waals surface area contributed by atoms with E-state index in [0.29, 0.717) is 25.0 Å². The van der Waals surface area contributed by atoms with Crippen LogP contribution in [0.3, 0.4) is 0 Å². The fourth-order valence-corrected chi connectivity index (χ4v) is 2.46. The summed E-state index contributed by atoms with van der Waals surface area (Å²) in [4.78, 5) is 12.2. The zero-order valence-corrected chi connectivity index (χ0v) is 9.06. The molecular formula is C11H20N2O2. The number of likely N-dealkylation sites (tertiary alicyclic amines) is 1. The molecule has 1 saturated heterocycles. The second-order valence-corrected chi connectivity index (χ2v) is 4.95. The number of nitrogens with zero attached hydrogens (tertiary/aromatic N) is 1. The molecule has 1 aliphatic carbocycles. The van der Waals surface area contributed by atoms with Gasteiger partial charge in [-0.05, 0) is 43.9 Å². The van der Waals surface area contributed by atoms with Crippen molar-refractivity contribution in [3.8, 4) is 0 Å². The zero-order valence-electron chi connectivity index (χ0n) is 9.06. The SMILES string of the molecule is NC(CC1CCN(C(=O)O)CC1)C1CC1. The molecular weight excluding hydrogens is 192 g/mol. The van der Waals surface area contributed by atoms with E-state index in [2.05, 4.69) is 0 Å². The number of hydrogen-bond donors (Lipinski definition) is 2. The molecule has 15 heavy (non-hydrogen) atoms. The number of hydrogen-bond acceptors (Lipinski definition) is 2. The summed E-state index contributed by atoms with van der Waals surface area (Å²) in [5, 5.41) is 8.81. The lowest BCUT2D eigenvalue weighted by atomic mass is 9.89. The normalized spacial score (nSPS) is 25.3. The van der Waals surface area contributed by atoms with Crippen molar-refractivity contribution in [3.63, 3.8) is 0 Å². The van der Waals surface area contributed by atoms with Crippen LogP contribution in [0, 0.1) is 11.8 Å². The summed E-state index contributed by atoms with van der Waals surface area (Å²) in [6.45, 7) is 1.38. The van der Waals surface area contributed by atoms with Gasteiger partial charge in [0.1, 0.15) is 0 Å². The Kier molecular flexibility index (Phi) is 3.14. The predicted molar refractivity (Wildman–Crippen MR) is 57.6 cm³/mol. The summed E-state index contributed by atoms with van der Waals surface area (Å²) in [7, 11) is 0. The van der Waals surface area contributed by atoms with Gasteiger partial charge in [-0.25, -0.2) is 4.79 Å². The fourth-order valence-electron chi connectivity index (χ4n) is 2.46. The molecule has 0 bridgehead atoms. The summed E-state index contributed by atoms with van der Waals surface area (Å²) in [6.07, 6.45) is 4.90. The van der Waals surface area contributed by atoms with Gasteiger partial charge in [0.2, 0.25) is 0 Å². The van der Waals surface area contributed by atoms with E-state index in [0.717, 1.165) is 25.2 Å². The molecule has 4 nitrogen and oxygen atoms in total. The monoisotopic (exact) mass is 212 g/mol. The van der Waals surface area contributed by atoms with Crippen LogP contribution in [0.2, 0.25) is 0 Å². The molecule has 1 atom stereocenters.